The van der Waals surface area contributed by atoms with Crippen LogP contribution in [-0.4, -0.2) is 43.5 Å². The first kappa shape index (κ1) is 26.4. The number of hydrogen-bond donors (Lipinski definition) is 2. The van der Waals surface area contributed by atoms with E-state index in [0.717, 1.165) is 49.7 Å². The molecule has 2 N–H and O–H groups in total. The smallest absolute Gasteiger partial charge is 0.335 e. The highest BCUT2D eigenvalue weighted by molar-refractivity contribution is 7.86. The second kappa shape index (κ2) is 11.6. The van der Waals surface area contributed by atoms with Gasteiger partial charge in [-0.05, 0) is 56.7 Å². The Morgan fingerprint density at radius 2 is 1.47 bits per heavy atom. The number of rotatable bonds is 7. The van der Waals surface area contributed by atoms with Crippen molar-refractivity contribution in [3.05, 3.63) is 65.7 Å². The molecule has 194 valence electrons. The summed E-state index contributed by atoms with van der Waals surface area (Å²) in [6.45, 7) is 2.44. The van der Waals surface area contributed by atoms with E-state index in [9.17, 15) is 18.0 Å². The topological polar surface area (TPSA) is 92.3 Å². The maximum absolute atomic E-state index is 13.9. The second-order valence-electron chi connectivity index (χ2n) is 10.2. The molecule has 3 amide bonds. The normalized spacial score (nSPS) is 19.2. The van der Waals surface area contributed by atoms with Gasteiger partial charge in [0.15, 0.2) is 0 Å². The number of hydrogen-bond acceptors (Lipinski definition) is 4. The van der Waals surface area contributed by atoms with Gasteiger partial charge in [0.05, 0.1) is 0 Å². The number of aryl methyl sites for hydroxylation is 1. The summed E-state index contributed by atoms with van der Waals surface area (Å²) in [6.07, 6.45) is 6.78. The van der Waals surface area contributed by atoms with Gasteiger partial charge in [-0.25, -0.2) is 4.79 Å². The van der Waals surface area contributed by atoms with Crippen LogP contribution in [0.1, 0.15) is 62.5 Å². The number of carbonyl (C=O) groups excluding carboxylic acids is 2. The van der Waals surface area contributed by atoms with E-state index in [1.807, 2.05) is 31.2 Å². The van der Waals surface area contributed by atoms with Crippen LogP contribution in [-0.2, 0) is 21.2 Å². The van der Waals surface area contributed by atoms with E-state index in [4.69, 9.17) is 0 Å². The van der Waals surface area contributed by atoms with Gasteiger partial charge in [-0.15, -0.1) is 3.89 Å². The lowest BCUT2D eigenvalue weighted by atomic mass is 9.88. The molecule has 2 fully saturated rings. The van der Waals surface area contributed by atoms with Gasteiger partial charge in [0.1, 0.15) is 24.2 Å². The van der Waals surface area contributed by atoms with Crippen LogP contribution in [0.15, 0.2) is 59.5 Å². The Balaban J connectivity index is 1.61. The van der Waals surface area contributed by atoms with Crippen LogP contribution in [0.5, 0.6) is 0 Å². The van der Waals surface area contributed by atoms with E-state index < -0.39 is 26.1 Å². The number of sulfonamides is 1. The van der Waals surface area contributed by atoms with E-state index in [1.54, 1.807) is 30.3 Å². The number of nitrogens with one attached hydrogen (secondary N) is 2. The number of quaternary nitrogens is 1. The first-order valence-electron chi connectivity index (χ1n) is 13.2. The van der Waals surface area contributed by atoms with E-state index in [0.29, 0.717) is 19.3 Å². The van der Waals surface area contributed by atoms with Crippen molar-refractivity contribution in [3.8, 4) is 0 Å². The fraction of sp³-hybridized carbons (Fsp3) is 0.500. The van der Waals surface area contributed by atoms with Gasteiger partial charge in [-0.3, -0.25) is 10.1 Å². The number of carbonyl (C=O) groups is 2. The molecule has 36 heavy (non-hydrogen) atoms. The van der Waals surface area contributed by atoms with Gasteiger partial charge in [-0.2, -0.15) is 8.42 Å². The Morgan fingerprint density at radius 3 is 2.11 bits per heavy atom. The Hall–Kier alpha value is -2.71. The van der Waals surface area contributed by atoms with Gasteiger partial charge < -0.3 is 5.32 Å². The molecule has 1 saturated carbocycles. The van der Waals surface area contributed by atoms with Crippen LogP contribution in [0, 0.1) is 12.8 Å². The Kier molecular flexibility index (Phi) is 8.46. The zero-order chi connectivity index (χ0) is 25.6. The largest absolute Gasteiger partial charge is 0.433 e. The minimum absolute atomic E-state index is 0.0665. The van der Waals surface area contributed by atoms with E-state index in [1.165, 1.54) is 0 Å². The number of likely N-dealkylation sites (tertiary alicyclic amines) is 1. The molecule has 1 heterocycles. The van der Waals surface area contributed by atoms with Crippen molar-refractivity contribution >= 4 is 22.0 Å². The molecular formula is C28H38N3O4S+. The Bertz CT molecular complexity index is 1140. The minimum Gasteiger partial charge on any atom is -0.335 e. The summed E-state index contributed by atoms with van der Waals surface area (Å²) in [5.41, 5.74) is 2.09. The van der Waals surface area contributed by atoms with E-state index in [-0.39, 0.29) is 29.8 Å². The van der Waals surface area contributed by atoms with Crippen LogP contribution in [0.25, 0.3) is 0 Å². The average Bonchev–Trinajstić information content (AvgIpc) is 2.91. The average molecular weight is 513 g/mol. The molecule has 2 aromatic rings. The lowest BCUT2D eigenvalue weighted by molar-refractivity contribution is -0.729. The Labute approximate surface area is 214 Å². The molecule has 0 bridgehead atoms. The minimum atomic E-state index is -3.98. The van der Waals surface area contributed by atoms with Crippen LogP contribution < -0.4 is 10.6 Å². The molecule has 2 aliphatic rings. The third-order valence-electron chi connectivity index (χ3n) is 7.56. The van der Waals surface area contributed by atoms with Crippen LogP contribution in [0.2, 0.25) is 0 Å². The zero-order valence-corrected chi connectivity index (χ0v) is 21.9. The highest BCUT2D eigenvalue weighted by Gasteiger charge is 2.51. The highest BCUT2D eigenvalue weighted by Crippen LogP contribution is 2.30. The van der Waals surface area contributed by atoms with Gasteiger partial charge >= 0.3 is 16.1 Å². The highest BCUT2D eigenvalue weighted by atomic mass is 32.2. The maximum Gasteiger partial charge on any atom is 0.433 e. The third-order valence-corrected chi connectivity index (χ3v) is 9.88. The molecule has 0 aromatic heterocycles. The summed E-state index contributed by atoms with van der Waals surface area (Å²) in [4.78, 5) is 27.1. The van der Waals surface area contributed by atoms with Crippen LogP contribution in [0.4, 0.5) is 4.79 Å². The molecule has 8 heteroatoms. The van der Waals surface area contributed by atoms with Crippen molar-refractivity contribution in [2.75, 3.05) is 13.1 Å². The Morgan fingerprint density at radius 1 is 0.861 bits per heavy atom. The number of benzene rings is 2. The molecule has 7 nitrogen and oxygen atoms in total. The van der Waals surface area contributed by atoms with E-state index in [2.05, 4.69) is 10.6 Å². The quantitative estimate of drug-likeness (QED) is 0.417. The van der Waals surface area contributed by atoms with Gasteiger partial charge in [0, 0.05) is 12.3 Å². The number of amides is 3. The predicted molar refractivity (Wildman–Crippen MR) is 139 cm³/mol. The van der Waals surface area contributed by atoms with E-state index >= 15 is 0 Å². The van der Waals surface area contributed by atoms with Crippen molar-refractivity contribution in [3.63, 3.8) is 0 Å². The molecule has 1 saturated heterocycles. The maximum atomic E-state index is 13.9. The molecular weight excluding hydrogens is 474 g/mol. The fourth-order valence-electron chi connectivity index (χ4n) is 5.39. The summed E-state index contributed by atoms with van der Waals surface area (Å²) >= 11 is 0. The van der Waals surface area contributed by atoms with Gasteiger partial charge in [0.2, 0.25) is 5.91 Å². The van der Waals surface area contributed by atoms with Crippen molar-refractivity contribution in [1.29, 1.82) is 0 Å². The van der Waals surface area contributed by atoms with Crippen molar-refractivity contribution in [1.82, 2.24) is 10.6 Å². The molecule has 4 rings (SSSR count). The number of nitrogens with zero attached hydrogens (tertiary/aromatic N) is 1. The second-order valence-corrected chi connectivity index (χ2v) is 12.3. The summed E-state index contributed by atoms with van der Waals surface area (Å²) in [7, 11) is -3.98. The first-order valence-corrected chi connectivity index (χ1v) is 14.6. The fourth-order valence-corrected chi connectivity index (χ4v) is 7.30. The summed E-state index contributed by atoms with van der Waals surface area (Å²) in [6, 6.07) is 15.6. The molecule has 0 spiro atoms. The molecule has 1 aliphatic heterocycles. The lowest BCUT2D eigenvalue weighted by Crippen LogP contribution is -2.66. The monoisotopic (exact) mass is 512 g/mol. The number of urea groups is 1. The van der Waals surface area contributed by atoms with Crippen molar-refractivity contribution in [2.45, 2.75) is 75.8 Å². The van der Waals surface area contributed by atoms with Crippen molar-refractivity contribution in [2.24, 2.45) is 5.92 Å². The van der Waals surface area contributed by atoms with Gasteiger partial charge in [0.25, 0.3) is 0 Å². The summed E-state index contributed by atoms with van der Waals surface area (Å²) < 4.78 is 27.0. The summed E-state index contributed by atoms with van der Waals surface area (Å²) in [5, 5.41) is 6.01. The SMILES string of the molecule is Cc1ccc(C[C@@H](NC(=O)C2CCCCC2)NC(=O)[N+]2(S(=O)(=O)c3ccccc3)CCCCC2)cc1. The zero-order valence-electron chi connectivity index (χ0n) is 21.1. The lowest BCUT2D eigenvalue weighted by Gasteiger charge is -2.38. The molecule has 1 aliphatic carbocycles. The molecule has 0 radical (unpaired) electrons. The van der Waals surface area contributed by atoms with Gasteiger partial charge in [-0.1, -0.05) is 67.3 Å². The molecule has 2 aromatic carbocycles. The van der Waals surface area contributed by atoms with Crippen LogP contribution >= 0.6 is 0 Å². The summed E-state index contributed by atoms with van der Waals surface area (Å²) in [5.74, 6) is -0.134. The first-order chi connectivity index (χ1) is 17.3. The predicted octanol–water partition coefficient (Wildman–Crippen LogP) is 4.66. The van der Waals surface area contributed by atoms with Crippen LogP contribution in [0.3, 0.4) is 0 Å². The molecule has 1 atom stereocenters. The standard InChI is InChI=1S/C28H37N3O4S/c1-22-15-17-23(18-16-22)21-26(29-27(32)24-11-5-2-6-12-24)30-28(33)31(19-9-4-10-20-31)36(34,35)25-13-7-3-8-14-25/h3,7-8,13-18,24,26H,2,4-6,9-12,19-21H2,1H3,(H-,29,30,32,33)/p+1/t26-/m0/s1. The number of piperidine rings is 1. The molecule has 0 unspecified atom stereocenters. The third kappa shape index (κ3) is 5.81. The van der Waals surface area contributed by atoms with Crippen molar-refractivity contribution < 1.29 is 21.9 Å².